The van der Waals surface area contributed by atoms with Crippen molar-refractivity contribution in [2.75, 3.05) is 18.4 Å². The second-order valence-corrected chi connectivity index (χ2v) is 9.25. The number of aryl methyl sites for hydroxylation is 1. The van der Waals surface area contributed by atoms with Gasteiger partial charge in [-0.3, -0.25) is 10.1 Å². The number of rotatable bonds is 5. The molecule has 0 atom stereocenters. The smallest absolute Gasteiger partial charge is 0.322 e. The Hall–Kier alpha value is -2.63. The summed E-state index contributed by atoms with van der Waals surface area (Å²) in [6, 6.07) is 5.72. The van der Waals surface area contributed by atoms with Crippen LogP contribution in [0.3, 0.4) is 0 Å². The summed E-state index contributed by atoms with van der Waals surface area (Å²) in [6.07, 6.45) is 1.73. The number of aromatic nitrogens is 3. The first kappa shape index (κ1) is 18.7. The maximum absolute atomic E-state index is 12.5. The van der Waals surface area contributed by atoms with Crippen molar-refractivity contribution in [2.45, 2.75) is 24.7 Å². The number of carbonyl (C=O) groups excluding carboxylic acids is 1. The zero-order valence-electron chi connectivity index (χ0n) is 15.0. The number of nitrogens with zero attached hydrogens (tertiary/aromatic N) is 4. The Balaban J connectivity index is 1.46. The summed E-state index contributed by atoms with van der Waals surface area (Å²) in [5.41, 5.74) is 0.830. The summed E-state index contributed by atoms with van der Waals surface area (Å²) in [5, 5.41) is 12.8. The lowest BCUT2D eigenvalue weighted by Crippen LogP contribution is -2.27. The zero-order chi connectivity index (χ0) is 19.7. The maximum atomic E-state index is 12.5. The van der Waals surface area contributed by atoms with E-state index in [1.807, 2.05) is 6.92 Å². The fourth-order valence-corrected chi connectivity index (χ4v) is 4.97. The van der Waals surface area contributed by atoms with E-state index >= 15 is 0 Å². The minimum atomic E-state index is -3.51. The van der Waals surface area contributed by atoms with Crippen molar-refractivity contribution in [1.82, 2.24) is 19.5 Å². The molecule has 1 aliphatic heterocycles. The van der Waals surface area contributed by atoms with Gasteiger partial charge in [0, 0.05) is 24.0 Å². The van der Waals surface area contributed by atoms with E-state index in [1.54, 1.807) is 5.38 Å². The first-order valence-corrected chi connectivity index (χ1v) is 10.9. The van der Waals surface area contributed by atoms with Gasteiger partial charge in [-0.15, -0.1) is 16.4 Å². The third kappa shape index (κ3) is 3.68. The van der Waals surface area contributed by atoms with Crippen LogP contribution in [0.25, 0.3) is 11.6 Å². The SMILES string of the molecule is Cc1nc(-c2nnc(NC(=O)c3ccc(S(=O)(=O)N4CCCC4)cc3)o2)cs1. The summed E-state index contributed by atoms with van der Waals surface area (Å²) >= 11 is 1.45. The monoisotopic (exact) mass is 419 g/mol. The molecule has 1 aromatic carbocycles. The lowest BCUT2D eigenvalue weighted by atomic mass is 10.2. The largest absolute Gasteiger partial charge is 0.401 e. The Labute approximate surface area is 165 Å². The summed E-state index contributed by atoms with van der Waals surface area (Å²) in [7, 11) is -3.51. The van der Waals surface area contributed by atoms with E-state index in [2.05, 4.69) is 20.5 Å². The van der Waals surface area contributed by atoms with Crippen LogP contribution in [-0.2, 0) is 10.0 Å². The molecule has 0 bridgehead atoms. The van der Waals surface area contributed by atoms with Crippen molar-refractivity contribution >= 4 is 33.3 Å². The minimum Gasteiger partial charge on any atom is -0.401 e. The van der Waals surface area contributed by atoms with Gasteiger partial charge in [0.2, 0.25) is 10.0 Å². The van der Waals surface area contributed by atoms with Crippen molar-refractivity contribution in [3.05, 3.63) is 40.2 Å². The van der Waals surface area contributed by atoms with Crippen molar-refractivity contribution in [2.24, 2.45) is 0 Å². The van der Waals surface area contributed by atoms with Gasteiger partial charge in [0.25, 0.3) is 11.8 Å². The number of hydrogen-bond donors (Lipinski definition) is 1. The molecule has 3 heterocycles. The lowest BCUT2D eigenvalue weighted by molar-refractivity contribution is 0.102. The third-order valence-electron chi connectivity index (χ3n) is 4.30. The second kappa shape index (κ2) is 7.41. The van der Waals surface area contributed by atoms with E-state index in [9.17, 15) is 13.2 Å². The predicted molar refractivity (Wildman–Crippen MR) is 103 cm³/mol. The quantitative estimate of drug-likeness (QED) is 0.675. The van der Waals surface area contributed by atoms with Gasteiger partial charge in [-0.1, -0.05) is 5.10 Å². The Morgan fingerprint density at radius 2 is 1.89 bits per heavy atom. The summed E-state index contributed by atoms with van der Waals surface area (Å²) in [5.74, 6) is -0.263. The van der Waals surface area contributed by atoms with Crippen LogP contribution < -0.4 is 5.32 Å². The van der Waals surface area contributed by atoms with Crippen LogP contribution >= 0.6 is 11.3 Å². The van der Waals surface area contributed by atoms with Crippen molar-refractivity contribution in [3.8, 4) is 11.6 Å². The molecule has 0 radical (unpaired) electrons. The molecular weight excluding hydrogens is 402 g/mol. The molecule has 2 aromatic heterocycles. The van der Waals surface area contributed by atoms with Gasteiger partial charge in [-0.05, 0) is 44.0 Å². The molecule has 0 unspecified atom stereocenters. The first-order chi connectivity index (χ1) is 13.4. The van der Waals surface area contributed by atoms with Crippen molar-refractivity contribution < 1.29 is 17.6 Å². The highest BCUT2D eigenvalue weighted by Gasteiger charge is 2.27. The highest BCUT2D eigenvalue weighted by Crippen LogP contribution is 2.23. The molecule has 4 rings (SSSR count). The summed E-state index contributed by atoms with van der Waals surface area (Å²) < 4.78 is 31.9. The van der Waals surface area contributed by atoms with Crippen LogP contribution in [-0.4, -0.2) is 46.9 Å². The molecule has 0 spiro atoms. The van der Waals surface area contributed by atoms with Gasteiger partial charge in [-0.2, -0.15) is 4.31 Å². The molecule has 1 N–H and O–H groups in total. The second-order valence-electron chi connectivity index (χ2n) is 6.25. The van der Waals surface area contributed by atoms with Crippen LogP contribution in [0, 0.1) is 6.92 Å². The standard InChI is InChI=1S/C17H17N5O4S2/c1-11-18-14(10-27-11)16-20-21-17(26-16)19-15(23)12-4-6-13(7-5-12)28(24,25)22-8-2-3-9-22/h4-7,10H,2-3,8-9H2,1H3,(H,19,21,23). The molecule has 1 fully saturated rings. The van der Waals surface area contributed by atoms with E-state index in [4.69, 9.17) is 4.42 Å². The van der Waals surface area contributed by atoms with Gasteiger partial charge in [0.15, 0.2) is 0 Å². The van der Waals surface area contributed by atoms with E-state index in [1.165, 1.54) is 39.9 Å². The Bertz CT molecular complexity index is 1100. The molecule has 1 aliphatic rings. The van der Waals surface area contributed by atoms with Crippen molar-refractivity contribution in [1.29, 1.82) is 0 Å². The van der Waals surface area contributed by atoms with Gasteiger partial charge >= 0.3 is 6.01 Å². The van der Waals surface area contributed by atoms with Gasteiger partial charge in [-0.25, -0.2) is 13.4 Å². The fraction of sp³-hybridized carbons (Fsp3) is 0.294. The highest BCUT2D eigenvalue weighted by molar-refractivity contribution is 7.89. The van der Waals surface area contributed by atoms with Crippen LogP contribution in [0.15, 0.2) is 39.0 Å². The number of carbonyl (C=O) groups is 1. The van der Waals surface area contributed by atoms with E-state index in [-0.39, 0.29) is 22.4 Å². The molecule has 0 saturated carbocycles. The zero-order valence-corrected chi connectivity index (χ0v) is 16.6. The fourth-order valence-electron chi connectivity index (χ4n) is 2.86. The number of sulfonamides is 1. The molecule has 28 heavy (non-hydrogen) atoms. The Kier molecular flexibility index (Phi) is 4.96. The van der Waals surface area contributed by atoms with Gasteiger partial charge < -0.3 is 4.42 Å². The third-order valence-corrected chi connectivity index (χ3v) is 6.99. The normalized spacial score (nSPS) is 15.0. The minimum absolute atomic E-state index is 0.0561. The van der Waals surface area contributed by atoms with Crippen LogP contribution in [0.1, 0.15) is 28.2 Å². The lowest BCUT2D eigenvalue weighted by Gasteiger charge is -2.15. The van der Waals surface area contributed by atoms with E-state index in [0.29, 0.717) is 18.8 Å². The number of hydrogen-bond acceptors (Lipinski definition) is 8. The number of thiazole rings is 1. The van der Waals surface area contributed by atoms with Gasteiger partial charge in [0.05, 0.1) is 9.90 Å². The van der Waals surface area contributed by atoms with Gasteiger partial charge in [0.1, 0.15) is 5.69 Å². The molecule has 9 nitrogen and oxygen atoms in total. The average Bonchev–Trinajstić information content (AvgIpc) is 3.43. The number of benzene rings is 1. The number of amides is 1. The molecule has 1 amide bonds. The summed E-state index contributed by atoms with van der Waals surface area (Å²) in [6.45, 7) is 2.92. The molecule has 0 aliphatic carbocycles. The topological polar surface area (TPSA) is 118 Å². The molecule has 11 heteroatoms. The predicted octanol–water partition coefficient (Wildman–Crippen LogP) is 2.54. The van der Waals surface area contributed by atoms with Crippen LogP contribution in [0.5, 0.6) is 0 Å². The molecule has 146 valence electrons. The molecule has 3 aromatic rings. The van der Waals surface area contributed by atoms with Crippen molar-refractivity contribution in [3.63, 3.8) is 0 Å². The van der Waals surface area contributed by atoms with E-state index < -0.39 is 15.9 Å². The molecule has 1 saturated heterocycles. The average molecular weight is 419 g/mol. The summed E-state index contributed by atoms with van der Waals surface area (Å²) in [4.78, 5) is 16.8. The van der Waals surface area contributed by atoms with Crippen LogP contribution in [0.2, 0.25) is 0 Å². The maximum Gasteiger partial charge on any atom is 0.322 e. The first-order valence-electron chi connectivity index (χ1n) is 8.61. The van der Waals surface area contributed by atoms with Crippen LogP contribution in [0.4, 0.5) is 6.01 Å². The number of nitrogens with one attached hydrogen (secondary N) is 1. The molecular formula is C17H17N5O4S2. The van der Waals surface area contributed by atoms with E-state index in [0.717, 1.165) is 17.8 Å². The highest BCUT2D eigenvalue weighted by atomic mass is 32.2. The Morgan fingerprint density at radius 1 is 1.18 bits per heavy atom. The Morgan fingerprint density at radius 3 is 2.54 bits per heavy atom. The number of anilines is 1.